The number of aromatic nitrogens is 2. The number of hydrogen-bond donors (Lipinski definition) is 1. The number of carbonyl (C=O) groups excluding carboxylic acids is 1. The van der Waals surface area contributed by atoms with Crippen molar-refractivity contribution in [2.24, 2.45) is 0 Å². The van der Waals surface area contributed by atoms with Crippen molar-refractivity contribution in [3.63, 3.8) is 0 Å². The Morgan fingerprint density at radius 1 is 1.03 bits per heavy atom. The third kappa shape index (κ3) is 5.78. The molecule has 0 fully saturated rings. The normalized spacial score (nSPS) is 10.4. The van der Waals surface area contributed by atoms with Gasteiger partial charge in [0, 0.05) is 25.3 Å². The first-order chi connectivity index (χ1) is 14.0. The Bertz CT molecular complexity index is 943. The van der Waals surface area contributed by atoms with Crippen LogP contribution in [-0.2, 0) is 0 Å². The van der Waals surface area contributed by atoms with Gasteiger partial charge in [-0.15, -0.1) is 0 Å². The molecule has 1 aromatic heterocycles. The van der Waals surface area contributed by atoms with E-state index in [4.69, 9.17) is 4.74 Å². The molecule has 29 heavy (non-hydrogen) atoms. The van der Waals surface area contributed by atoms with E-state index in [-0.39, 0.29) is 5.91 Å². The summed E-state index contributed by atoms with van der Waals surface area (Å²) in [4.78, 5) is 23.5. The molecule has 0 saturated carbocycles. The molecule has 3 aromatic rings. The number of rotatable bonds is 8. The van der Waals surface area contributed by atoms with Crippen LogP contribution in [0.15, 0.2) is 60.7 Å². The highest BCUT2D eigenvalue weighted by Gasteiger charge is 2.13. The van der Waals surface area contributed by atoms with Crippen LogP contribution < -0.4 is 15.0 Å². The van der Waals surface area contributed by atoms with Crippen LogP contribution in [0, 0.1) is 6.92 Å². The molecule has 0 saturated heterocycles. The van der Waals surface area contributed by atoms with Crippen molar-refractivity contribution in [3.05, 3.63) is 72.2 Å². The summed E-state index contributed by atoms with van der Waals surface area (Å²) >= 11 is 0. The Morgan fingerprint density at radius 2 is 1.72 bits per heavy atom. The Balaban J connectivity index is 1.67. The van der Waals surface area contributed by atoms with Gasteiger partial charge in [-0.2, -0.15) is 0 Å². The highest BCUT2D eigenvalue weighted by atomic mass is 16.5. The lowest BCUT2D eigenvalue weighted by molar-refractivity contribution is 0.102. The van der Waals surface area contributed by atoms with Crippen LogP contribution in [0.1, 0.15) is 36.1 Å². The number of nitrogens with zero attached hydrogens (tertiary/aromatic N) is 3. The first-order valence-corrected chi connectivity index (χ1v) is 9.76. The van der Waals surface area contributed by atoms with Gasteiger partial charge in [0.2, 0.25) is 0 Å². The van der Waals surface area contributed by atoms with Gasteiger partial charge in [0.1, 0.15) is 28.8 Å². The molecule has 0 spiro atoms. The van der Waals surface area contributed by atoms with Crippen LogP contribution in [0.2, 0.25) is 0 Å². The van der Waals surface area contributed by atoms with Crippen molar-refractivity contribution in [2.75, 3.05) is 23.8 Å². The standard InChI is InChI=1S/C23H26N4O2/c1-4-5-15-27(3)22-16-21(24-17(2)25-22)23(28)26-18-11-13-20(14-12-18)29-19-9-7-6-8-10-19/h6-14,16H,4-5,15H2,1-3H3,(H,26,28). The van der Waals surface area contributed by atoms with Crippen LogP contribution in [0.25, 0.3) is 0 Å². The van der Waals surface area contributed by atoms with Crippen molar-refractivity contribution in [1.82, 2.24) is 9.97 Å². The number of hydrogen-bond acceptors (Lipinski definition) is 5. The SMILES string of the molecule is CCCCN(C)c1cc(C(=O)Nc2ccc(Oc3ccccc3)cc2)nc(C)n1. The minimum absolute atomic E-state index is 0.266. The molecular weight excluding hydrogens is 364 g/mol. The monoisotopic (exact) mass is 390 g/mol. The lowest BCUT2D eigenvalue weighted by atomic mass is 10.2. The van der Waals surface area contributed by atoms with Crippen LogP contribution in [0.5, 0.6) is 11.5 Å². The Kier molecular flexibility index (Phi) is 6.79. The van der Waals surface area contributed by atoms with Gasteiger partial charge < -0.3 is 15.0 Å². The molecule has 0 aliphatic carbocycles. The summed E-state index contributed by atoms with van der Waals surface area (Å²) in [5.41, 5.74) is 1.02. The number of unbranched alkanes of at least 4 members (excludes halogenated alkanes) is 1. The molecule has 6 nitrogen and oxygen atoms in total. The van der Waals surface area contributed by atoms with E-state index in [2.05, 4.69) is 22.2 Å². The lowest BCUT2D eigenvalue weighted by Gasteiger charge is -2.18. The fraction of sp³-hybridized carbons (Fsp3) is 0.261. The molecule has 1 heterocycles. The molecule has 0 radical (unpaired) electrons. The van der Waals surface area contributed by atoms with Crippen LogP contribution in [-0.4, -0.2) is 29.5 Å². The van der Waals surface area contributed by atoms with Gasteiger partial charge in [0.15, 0.2) is 0 Å². The van der Waals surface area contributed by atoms with E-state index in [1.54, 1.807) is 25.1 Å². The van der Waals surface area contributed by atoms with E-state index in [1.165, 1.54) is 0 Å². The second kappa shape index (κ2) is 9.68. The summed E-state index contributed by atoms with van der Waals surface area (Å²) in [6, 6.07) is 18.5. The Hall–Kier alpha value is -3.41. The molecule has 150 valence electrons. The fourth-order valence-corrected chi connectivity index (χ4v) is 2.80. The largest absolute Gasteiger partial charge is 0.457 e. The van der Waals surface area contributed by atoms with Gasteiger partial charge in [0.25, 0.3) is 5.91 Å². The zero-order valence-corrected chi connectivity index (χ0v) is 17.1. The van der Waals surface area contributed by atoms with Crippen LogP contribution in [0.3, 0.4) is 0 Å². The number of ether oxygens (including phenoxy) is 1. The minimum atomic E-state index is -0.266. The molecule has 0 atom stereocenters. The second-order valence-corrected chi connectivity index (χ2v) is 6.83. The number of carbonyl (C=O) groups is 1. The zero-order chi connectivity index (χ0) is 20.6. The van der Waals surface area contributed by atoms with Crippen LogP contribution >= 0.6 is 0 Å². The topological polar surface area (TPSA) is 67.4 Å². The summed E-state index contributed by atoms with van der Waals surface area (Å²) in [5.74, 6) is 2.52. The molecule has 1 N–H and O–H groups in total. The predicted molar refractivity (Wildman–Crippen MR) is 116 cm³/mol. The van der Waals surface area contributed by atoms with E-state index in [9.17, 15) is 4.79 Å². The summed E-state index contributed by atoms with van der Waals surface area (Å²) in [5, 5.41) is 2.88. The molecule has 3 rings (SSSR count). The second-order valence-electron chi connectivity index (χ2n) is 6.83. The van der Waals surface area contributed by atoms with Crippen molar-refractivity contribution in [3.8, 4) is 11.5 Å². The average Bonchev–Trinajstić information content (AvgIpc) is 2.73. The summed E-state index contributed by atoms with van der Waals surface area (Å²) in [6.07, 6.45) is 2.17. The quantitative estimate of drug-likeness (QED) is 0.582. The number of nitrogens with one attached hydrogen (secondary N) is 1. The smallest absolute Gasteiger partial charge is 0.274 e. The summed E-state index contributed by atoms with van der Waals surface area (Å²) in [7, 11) is 1.98. The maximum absolute atomic E-state index is 12.7. The fourth-order valence-electron chi connectivity index (χ4n) is 2.80. The van der Waals surface area contributed by atoms with Gasteiger partial charge >= 0.3 is 0 Å². The highest BCUT2D eigenvalue weighted by molar-refractivity contribution is 6.03. The van der Waals surface area contributed by atoms with E-state index < -0.39 is 0 Å². The van der Waals surface area contributed by atoms with Crippen LogP contribution in [0.4, 0.5) is 11.5 Å². The van der Waals surface area contributed by atoms with Crippen molar-refractivity contribution in [1.29, 1.82) is 0 Å². The number of aryl methyl sites for hydroxylation is 1. The summed E-state index contributed by atoms with van der Waals surface area (Å²) < 4.78 is 5.77. The maximum atomic E-state index is 12.7. The predicted octanol–water partition coefficient (Wildman–Crippen LogP) is 5.07. The van der Waals surface area contributed by atoms with Gasteiger partial charge in [-0.05, 0) is 49.7 Å². The van der Waals surface area contributed by atoms with Crippen molar-refractivity contribution >= 4 is 17.4 Å². The first kappa shape index (κ1) is 20.3. The summed E-state index contributed by atoms with van der Waals surface area (Å²) in [6.45, 7) is 4.83. The van der Waals surface area contributed by atoms with E-state index in [1.807, 2.05) is 54.4 Å². The molecule has 0 aliphatic rings. The van der Waals surface area contributed by atoms with E-state index in [0.29, 0.717) is 23.0 Å². The number of anilines is 2. The highest BCUT2D eigenvalue weighted by Crippen LogP contribution is 2.23. The molecule has 0 unspecified atom stereocenters. The maximum Gasteiger partial charge on any atom is 0.274 e. The number of amides is 1. The molecule has 1 amide bonds. The van der Waals surface area contributed by atoms with E-state index >= 15 is 0 Å². The molecular formula is C23H26N4O2. The average molecular weight is 390 g/mol. The first-order valence-electron chi connectivity index (χ1n) is 9.76. The number of benzene rings is 2. The molecule has 6 heteroatoms. The minimum Gasteiger partial charge on any atom is -0.457 e. The Labute approximate surface area is 171 Å². The van der Waals surface area contributed by atoms with Crippen molar-refractivity contribution in [2.45, 2.75) is 26.7 Å². The Morgan fingerprint density at radius 3 is 2.41 bits per heavy atom. The zero-order valence-electron chi connectivity index (χ0n) is 17.1. The van der Waals surface area contributed by atoms with Gasteiger partial charge in [0.05, 0.1) is 0 Å². The van der Waals surface area contributed by atoms with E-state index in [0.717, 1.165) is 31.0 Å². The molecule has 0 bridgehead atoms. The molecule has 0 aliphatic heterocycles. The van der Waals surface area contributed by atoms with Gasteiger partial charge in [-0.3, -0.25) is 4.79 Å². The molecule has 2 aromatic carbocycles. The third-order valence-electron chi connectivity index (χ3n) is 4.39. The van der Waals surface area contributed by atoms with Crippen molar-refractivity contribution < 1.29 is 9.53 Å². The number of para-hydroxylation sites is 1. The van der Waals surface area contributed by atoms with Gasteiger partial charge in [-0.25, -0.2) is 9.97 Å². The lowest BCUT2D eigenvalue weighted by Crippen LogP contribution is -2.22. The third-order valence-corrected chi connectivity index (χ3v) is 4.39. The van der Waals surface area contributed by atoms with Gasteiger partial charge in [-0.1, -0.05) is 31.5 Å².